The zero-order valence-corrected chi connectivity index (χ0v) is 7.53. The molecule has 1 saturated heterocycles. The number of nitrogens with zero attached hydrogens (tertiary/aromatic N) is 1. The van der Waals surface area contributed by atoms with E-state index in [1.807, 2.05) is 13.8 Å². The maximum absolute atomic E-state index is 8.24. The Balaban J connectivity index is 2.41. The van der Waals surface area contributed by atoms with Crippen LogP contribution < -0.4 is 0 Å². The van der Waals surface area contributed by atoms with Crippen LogP contribution in [-0.4, -0.2) is 29.0 Å². The Morgan fingerprint density at radius 1 is 1.45 bits per heavy atom. The lowest BCUT2D eigenvalue weighted by molar-refractivity contribution is -0.329. The molecule has 0 amide bonds. The van der Waals surface area contributed by atoms with E-state index in [2.05, 4.69) is 4.67 Å². The predicted molar refractivity (Wildman–Crippen MR) is 39.9 cm³/mol. The van der Waals surface area contributed by atoms with Crippen molar-refractivity contribution in [2.24, 2.45) is 0 Å². The molecule has 0 aromatic carbocycles. The quantitative estimate of drug-likeness (QED) is 0.399. The fraction of sp³-hybridized carbons (Fsp3) is 1.00. The van der Waals surface area contributed by atoms with Crippen molar-refractivity contribution in [2.45, 2.75) is 19.1 Å². The van der Waals surface area contributed by atoms with Gasteiger partial charge in [-0.05, 0) is 13.8 Å². The van der Waals surface area contributed by atoms with Crippen LogP contribution in [0.5, 0.6) is 0 Å². The van der Waals surface area contributed by atoms with Gasteiger partial charge in [0.2, 0.25) is 0 Å². The van der Waals surface area contributed by atoms with E-state index < -0.39 is 5.28 Å². The van der Waals surface area contributed by atoms with Gasteiger partial charge in [-0.2, -0.15) is 0 Å². The maximum atomic E-state index is 8.24. The van der Waals surface area contributed by atoms with Gasteiger partial charge in [-0.15, -0.1) is 0 Å². The van der Waals surface area contributed by atoms with Crippen molar-refractivity contribution in [3.05, 3.63) is 0 Å². The molecule has 0 aromatic heterocycles. The van der Waals surface area contributed by atoms with Crippen LogP contribution in [0.2, 0.25) is 0 Å². The normalized spacial score (nSPS) is 22.1. The molecule has 0 aromatic rings. The molecule has 1 atom stereocenters. The van der Waals surface area contributed by atoms with E-state index in [1.165, 1.54) is 5.23 Å². The highest BCUT2D eigenvalue weighted by molar-refractivity contribution is 7.33. The van der Waals surface area contributed by atoms with Gasteiger partial charge in [-0.1, -0.05) is 5.23 Å². The van der Waals surface area contributed by atoms with Crippen molar-refractivity contribution in [2.75, 3.05) is 13.2 Å². The second-order valence-electron chi connectivity index (χ2n) is 2.68. The average Bonchev–Trinajstić information content (AvgIpc) is 2.37. The summed E-state index contributed by atoms with van der Waals surface area (Å²) in [5.74, 6) is 0. The Morgan fingerprint density at radius 3 is 2.45 bits per heavy atom. The molecule has 0 saturated carbocycles. The molecule has 1 N–H and O–H groups in total. The predicted octanol–water partition coefficient (Wildman–Crippen LogP) is 0.984. The highest BCUT2D eigenvalue weighted by Crippen LogP contribution is 2.36. The van der Waals surface area contributed by atoms with Crippen LogP contribution in [0.1, 0.15) is 13.8 Å². The summed E-state index contributed by atoms with van der Waals surface area (Å²) in [4.78, 5) is 10.2. The molecule has 1 fully saturated rings. The van der Waals surface area contributed by atoms with E-state index in [4.69, 9.17) is 14.9 Å². The molecule has 1 aliphatic rings. The zero-order valence-electron chi connectivity index (χ0n) is 6.53. The third kappa shape index (κ3) is 2.33. The molecular weight excluding hydrogens is 169 g/mol. The van der Waals surface area contributed by atoms with Crippen molar-refractivity contribution in [1.29, 1.82) is 0 Å². The summed E-state index contributed by atoms with van der Waals surface area (Å²) < 4.78 is 4.05. The first-order valence-electron chi connectivity index (χ1n) is 3.30. The molecule has 5 nitrogen and oxygen atoms in total. The SMILES string of the molecule is CC(C)(POO)N1OCCO1. The average molecular weight is 181 g/mol. The fourth-order valence-corrected chi connectivity index (χ4v) is 1.18. The van der Waals surface area contributed by atoms with Crippen molar-refractivity contribution < 1.29 is 19.6 Å². The summed E-state index contributed by atoms with van der Waals surface area (Å²) in [5.41, 5.74) is 0. The molecule has 0 aliphatic carbocycles. The Labute approximate surface area is 66.9 Å². The summed E-state index contributed by atoms with van der Waals surface area (Å²) in [7, 11) is -0.0930. The first kappa shape index (κ1) is 9.32. The molecule has 0 spiro atoms. The molecule has 0 radical (unpaired) electrons. The van der Waals surface area contributed by atoms with Gasteiger partial charge >= 0.3 is 0 Å². The van der Waals surface area contributed by atoms with Crippen LogP contribution in [0.25, 0.3) is 0 Å². The summed E-state index contributed by atoms with van der Waals surface area (Å²) in [6.45, 7) is 4.82. The lowest BCUT2D eigenvalue weighted by Crippen LogP contribution is -2.36. The van der Waals surface area contributed by atoms with E-state index in [0.717, 1.165) is 0 Å². The first-order valence-corrected chi connectivity index (χ1v) is 4.21. The Morgan fingerprint density at radius 2 is 2.00 bits per heavy atom. The minimum Gasteiger partial charge on any atom is -0.271 e. The summed E-state index contributed by atoms with van der Waals surface area (Å²) >= 11 is 0. The van der Waals surface area contributed by atoms with E-state index in [1.54, 1.807) is 0 Å². The summed E-state index contributed by atoms with van der Waals surface area (Å²) in [6.07, 6.45) is 0. The summed E-state index contributed by atoms with van der Waals surface area (Å²) in [5, 5.41) is 9.17. The van der Waals surface area contributed by atoms with Crippen molar-refractivity contribution >= 4 is 8.81 Å². The van der Waals surface area contributed by atoms with Gasteiger partial charge in [-0.3, -0.25) is 9.68 Å². The fourth-order valence-electron chi connectivity index (χ4n) is 0.749. The summed E-state index contributed by atoms with van der Waals surface area (Å²) in [6, 6.07) is 0. The van der Waals surface area contributed by atoms with Crippen LogP contribution >= 0.6 is 8.81 Å². The molecule has 6 heteroatoms. The minimum atomic E-state index is -0.425. The molecule has 1 aliphatic heterocycles. The second-order valence-corrected chi connectivity index (χ2v) is 4.29. The van der Waals surface area contributed by atoms with E-state index in [-0.39, 0.29) is 8.81 Å². The van der Waals surface area contributed by atoms with Crippen LogP contribution in [0, 0.1) is 0 Å². The number of hydrogen-bond donors (Lipinski definition) is 1. The van der Waals surface area contributed by atoms with Crippen LogP contribution in [-0.2, 0) is 14.3 Å². The highest BCUT2D eigenvalue weighted by atomic mass is 31.1. The van der Waals surface area contributed by atoms with Crippen molar-refractivity contribution in [1.82, 2.24) is 5.23 Å². The molecular formula is C5H12NO4P. The number of hydrogen-bond acceptors (Lipinski definition) is 5. The Bertz CT molecular complexity index is 126. The van der Waals surface area contributed by atoms with Gasteiger partial charge in [0.15, 0.2) is 0 Å². The van der Waals surface area contributed by atoms with Gasteiger partial charge in [0.25, 0.3) is 0 Å². The monoisotopic (exact) mass is 181 g/mol. The Hall–Kier alpha value is 0.230. The van der Waals surface area contributed by atoms with E-state index in [0.29, 0.717) is 13.2 Å². The van der Waals surface area contributed by atoms with Gasteiger partial charge in [0, 0.05) is 0 Å². The minimum absolute atomic E-state index is 0.0930. The molecule has 1 unspecified atom stereocenters. The molecule has 66 valence electrons. The second kappa shape index (κ2) is 3.76. The van der Waals surface area contributed by atoms with Gasteiger partial charge in [0.05, 0.1) is 22.0 Å². The van der Waals surface area contributed by atoms with Gasteiger partial charge < -0.3 is 0 Å². The molecule has 11 heavy (non-hydrogen) atoms. The number of hydroxylamine groups is 2. The molecule has 1 heterocycles. The maximum Gasteiger partial charge on any atom is 0.112 e. The standard InChI is InChI=1S/C5H12NO4P/c1-5(2,11-10-7)6-8-3-4-9-6/h7,11H,3-4H2,1-2H3. The van der Waals surface area contributed by atoms with Crippen LogP contribution in [0.15, 0.2) is 0 Å². The van der Waals surface area contributed by atoms with E-state index >= 15 is 0 Å². The Kier molecular flexibility index (Phi) is 3.18. The van der Waals surface area contributed by atoms with E-state index in [9.17, 15) is 0 Å². The largest absolute Gasteiger partial charge is 0.271 e. The number of rotatable bonds is 3. The van der Waals surface area contributed by atoms with Gasteiger partial charge in [0.1, 0.15) is 5.28 Å². The third-order valence-electron chi connectivity index (χ3n) is 1.25. The molecule has 1 rings (SSSR count). The topological polar surface area (TPSA) is 51.2 Å². The van der Waals surface area contributed by atoms with Crippen LogP contribution in [0.4, 0.5) is 0 Å². The first-order chi connectivity index (χ1) is 5.17. The van der Waals surface area contributed by atoms with Crippen molar-refractivity contribution in [3.63, 3.8) is 0 Å². The van der Waals surface area contributed by atoms with Gasteiger partial charge in [-0.25, -0.2) is 9.93 Å². The van der Waals surface area contributed by atoms with Crippen LogP contribution in [0.3, 0.4) is 0 Å². The zero-order chi connectivity index (χ0) is 8.32. The third-order valence-corrected chi connectivity index (χ3v) is 2.03. The highest BCUT2D eigenvalue weighted by Gasteiger charge is 2.33. The lowest BCUT2D eigenvalue weighted by atomic mass is 10.4. The lowest BCUT2D eigenvalue weighted by Gasteiger charge is -2.29. The van der Waals surface area contributed by atoms with Crippen molar-refractivity contribution in [3.8, 4) is 0 Å². The molecule has 0 bridgehead atoms. The smallest absolute Gasteiger partial charge is 0.112 e.